The summed E-state index contributed by atoms with van der Waals surface area (Å²) in [5.74, 6) is 0. The smallest absolute Gasteiger partial charge is 0.140 e. The number of alkyl halides is 4. The minimum Gasteiger partial charge on any atom is -0.140 e. The maximum atomic E-state index is 9.69. The molecule has 0 aliphatic heterocycles. The van der Waals surface area contributed by atoms with Gasteiger partial charge in [-0.3, -0.25) is 0 Å². The first kappa shape index (κ1) is 21.9. The Hall–Kier alpha value is -0.280. The van der Waals surface area contributed by atoms with E-state index in [9.17, 15) is 17.6 Å². The van der Waals surface area contributed by atoms with Gasteiger partial charge in [0.15, 0.2) is 0 Å². The topological polar surface area (TPSA) is 0 Å². The molecule has 0 aromatic heterocycles. The average Bonchev–Trinajstić information content (AvgIpc) is 1.76. The van der Waals surface area contributed by atoms with Gasteiger partial charge in [-0.2, -0.15) is 0 Å². The first-order chi connectivity index (χ1) is 6.50. The maximum absolute atomic E-state index is 9.69. The van der Waals surface area contributed by atoms with Crippen molar-refractivity contribution in [3.63, 3.8) is 0 Å². The van der Waals surface area contributed by atoms with E-state index in [0.717, 1.165) is 0 Å². The molecule has 0 saturated heterocycles. The molecule has 0 aliphatic rings. The quantitative estimate of drug-likeness (QED) is 0.454. The predicted octanol–water partition coefficient (Wildman–Crippen LogP) is 6.22. The monoisotopic (exact) mass is 260 g/mol. The Balaban J connectivity index is -0.000000280. The molecule has 0 fully saturated rings. The third-order valence-corrected chi connectivity index (χ3v) is 3.75. The standard InChI is InChI=1S/C11H24.CF4.CH4/c1-9(2,3)11(7,8)10(4,5)6;2-1(3,4)5;/h1-8H3;;1H4. The van der Waals surface area contributed by atoms with Crippen LogP contribution in [0, 0.1) is 16.2 Å². The predicted molar refractivity (Wildman–Crippen MR) is 66.6 cm³/mol. The highest BCUT2D eigenvalue weighted by atomic mass is 19.5. The van der Waals surface area contributed by atoms with Crippen molar-refractivity contribution in [3.05, 3.63) is 0 Å². The van der Waals surface area contributed by atoms with Crippen LogP contribution < -0.4 is 0 Å². The summed E-state index contributed by atoms with van der Waals surface area (Å²) in [5, 5.41) is 0. The van der Waals surface area contributed by atoms with Gasteiger partial charge >= 0.3 is 6.43 Å². The third kappa shape index (κ3) is 9.42. The zero-order chi connectivity index (χ0) is 14.0. The largest absolute Gasteiger partial charge is 0.559 e. The summed E-state index contributed by atoms with van der Waals surface area (Å²) in [6.07, 6.45) is -5.50. The number of halogens is 4. The summed E-state index contributed by atoms with van der Waals surface area (Å²) in [4.78, 5) is 0. The van der Waals surface area contributed by atoms with Gasteiger partial charge in [0.05, 0.1) is 0 Å². The van der Waals surface area contributed by atoms with Gasteiger partial charge in [-0.25, -0.2) is 0 Å². The summed E-state index contributed by atoms with van der Waals surface area (Å²) in [7, 11) is 0. The average molecular weight is 260 g/mol. The van der Waals surface area contributed by atoms with Crippen molar-refractivity contribution in [2.75, 3.05) is 0 Å². The molecule has 0 amide bonds. The van der Waals surface area contributed by atoms with Crippen molar-refractivity contribution in [2.24, 2.45) is 16.2 Å². The molecule has 0 N–H and O–H groups in total. The van der Waals surface area contributed by atoms with Crippen LogP contribution in [-0.4, -0.2) is 6.43 Å². The molecule has 0 radical (unpaired) electrons. The second-order valence-corrected chi connectivity index (χ2v) is 6.55. The van der Waals surface area contributed by atoms with Crippen LogP contribution in [0.3, 0.4) is 0 Å². The zero-order valence-corrected chi connectivity index (χ0v) is 11.5. The summed E-state index contributed by atoms with van der Waals surface area (Å²) >= 11 is 0. The lowest BCUT2D eigenvalue weighted by Crippen LogP contribution is -2.41. The number of hydrogen-bond donors (Lipinski definition) is 0. The summed E-state index contributed by atoms with van der Waals surface area (Å²) < 4.78 is 38.8. The maximum Gasteiger partial charge on any atom is 0.559 e. The zero-order valence-electron chi connectivity index (χ0n) is 11.5. The van der Waals surface area contributed by atoms with Gasteiger partial charge in [0, 0.05) is 0 Å². The summed E-state index contributed by atoms with van der Waals surface area (Å²) in [5.41, 5.74) is 1.14. The van der Waals surface area contributed by atoms with E-state index in [1.165, 1.54) is 0 Å². The molecule has 0 aliphatic carbocycles. The molecule has 4 heteroatoms. The Morgan fingerprint density at radius 3 is 0.647 bits per heavy atom. The molecule has 0 spiro atoms. The molecule has 0 saturated carbocycles. The Labute approximate surface area is 104 Å². The lowest BCUT2D eigenvalue weighted by molar-refractivity contribution is -0.237. The van der Waals surface area contributed by atoms with Crippen LogP contribution in [0.4, 0.5) is 17.6 Å². The highest BCUT2D eigenvalue weighted by molar-refractivity contribution is 4.91. The van der Waals surface area contributed by atoms with Crippen molar-refractivity contribution in [1.82, 2.24) is 0 Å². The van der Waals surface area contributed by atoms with Gasteiger partial charge in [0.2, 0.25) is 0 Å². The van der Waals surface area contributed by atoms with Crippen molar-refractivity contribution in [2.45, 2.75) is 69.2 Å². The second-order valence-electron chi connectivity index (χ2n) is 6.55. The van der Waals surface area contributed by atoms with Crippen LogP contribution in [0.25, 0.3) is 0 Å². The summed E-state index contributed by atoms with van der Waals surface area (Å²) in [6.45, 7) is 18.6. The fraction of sp³-hybridized carbons (Fsp3) is 1.00. The van der Waals surface area contributed by atoms with Crippen LogP contribution in [0.15, 0.2) is 0 Å². The molecule has 0 aromatic rings. The molecule has 0 atom stereocenters. The molecular formula is C13H28F4. The van der Waals surface area contributed by atoms with Crippen LogP contribution in [0.5, 0.6) is 0 Å². The van der Waals surface area contributed by atoms with Gasteiger partial charge in [-0.05, 0) is 16.2 Å². The van der Waals surface area contributed by atoms with Gasteiger partial charge in [0.1, 0.15) is 0 Å². The first-order valence-electron chi connectivity index (χ1n) is 5.26. The van der Waals surface area contributed by atoms with Crippen molar-refractivity contribution < 1.29 is 17.6 Å². The van der Waals surface area contributed by atoms with E-state index in [1.807, 2.05) is 0 Å². The van der Waals surface area contributed by atoms with Crippen LogP contribution in [-0.2, 0) is 0 Å². The molecular weight excluding hydrogens is 232 g/mol. The highest BCUT2D eigenvalue weighted by Crippen LogP contribution is 2.50. The van der Waals surface area contributed by atoms with Gasteiger partial charge in [0.25, 0.3) is 0 Å². The van der Waals surface area contributed by atoms with Gasteiger partial charge in [-0.1, -0.05) is 62.8 Å². The van der Waals surface area contributed by atoms with E-state index < -0.39 is 6.43 Å². The van der Waals surface area contributed by atoms with Crippen LogP contribution in [0.2, 0.25) is 0 Å². The van der Waals surface area contributed by atoms with E-state index in [2.05, 4.69) is 55.4 Å². The van der Waals surface area contributed by atoms with Crippen molar-refractivity contribution in [3.8, 4) is 0 Å². The fourth-order valence-electron chi connectivity index (χ4n) is 1.12. The second kappa shape index (κ2) is 6.05. The van der Waals surface area contributed by atoms with Gasteiger partial charge < -0.3 is 0 Å². The van der Waals surface area contributed by atoms with E-state index in [-0.39, 0.29) is 7.43 Å². The Bertz CT molecular complexity index is 179. The Morgan fingerprint density at radius 1 is 0.529 bits per heavy atom. The minimum atomic E-state index is -5.50. The third-order valence-electron chi connectivity index (χ3n) is 3.75. The highest BCUT2D eigenvalue weighted by Gasteiger charge is 2.42. The molecule has 0 aromatic carbocycles. The lowest BCUT2D eigenvalue weighted by atomic mass is 9.56. The molecule has 0 nitrogen and oxygen atoms in total. The lowest BCUT2D eigenvalue weighted by Gasteiger charge is -2.49. The van der Waals surface area contributed by atoms with Crippen LogP contribution in [0.1, 0.15) is 62.8 Å². The fourth-order valence-corrected chi connectivity index (χ4v) is 1.12. The molecule has 0 heterocycles. The molecule has 108 valence electrons. The summed E-state index contributed by atoms with van der Waals surface area (Å²) in [6, 6.07) is 0. The molecule has 0 bridgehead atoms. The number of hydrogen-bond acceptors (Lipinski definition) is 0. The normalized spacial score (nSPS) is 13.4. The van der Waals surface area contributed by atoms with Crippen molar-refractivity contribution in [1.29, 1.82) is 0 Å². The van der Waals surface area contributed by atoms with E-state index in [4.69, 9.17) is 0 Å². The Kier molecular flexibility index (Phi) is 7.82. The van der Waals surface area contributed by atoms with Gasteiger partial charge in [-0.15, -0.1) is 17.6 Å². The molecule has 0 rings (SSSR count). The SMILES string of the molecule is C.CC(C)(C)C(C)(C)C(C)(C)C.FC(F)(F)F. The first-order valence-corrected chi connectivity index (χ1v) is 5.26. The van der Waals surface area contributed by atoms with Crippen LogP contribution >= 0.6 is 0 Å². The molecule has 0 unspecified atom stereocenters. The van der Waals surface area contributed by atoms with Crippen molar-refractivity contribution >= 4 is 0 Å². The molecule has 17 heavy (non-hydrogen) atoms. The minimum absolute atomic E-state index is 0. The van der Waals surface area contributed by atoms with E-state index >= 15 is 0 Å². The number of rotatable bonds is 0. The Morgan fingerprint density at radius 2 is 0.647 bits per heavy atom. The van der Waals surface area contributed by atoms with E-state index in [0.29, 0.717) is 16.2 Å². The van der Waals surface area contributed by atoms with E-state index in [1.54, 1.807) is 0 Å².